The molecule has 0 fully saturated rings. The largest absolute Gasteiger partial charge is 0.329 e. The monoisotopic (exact) mass is 384 g/mol. The fraction of sp³-hybridized carbons (Fsp3) is 0.588. The van der Waals surface area contributed by atoms with E-state index in [-0.39, 0.29) is 0 Å². The van der Waals surface area contributed by atoms with Gasteiger partial charge in [0, 0.05) is 24.4 Å². The Bertz CT molecular complexity index is 862. The average molecular weight is 385 g/mol. The molecule has 0 aliphatic carbocycles. The minimum absolute atomic E-state index is 0.405. The van der Waals surface area contributed by atoms with E-state index in [1.54, 1.807) is 25.7 Å². The second kappa shape index (κ2) is 9.29. The van der Waals surface area contributed by atoms with Crippen molar-refractivity contribution in [3.8, 4) is 0 Å². The number of halogens is 1. The zero-order valence-electron chi connectivity index (χ0n) is 15.0. The summed E-state index contributed by atoms with van der Waals surface area (Å²) in [6.45, 7) is 4.44. The van der Waals surface area contributed by atoms with Gasteiger partial charge in [-0.2, -0.15) is 0 Å². The van der Waals surface area contributed by atoms with E-state index < -0.39 is 11.2 Å². The maximum Gasteiger partial charge on any atom is 0.329 e. The number of aromatic nitrogens is 4. The molecule has 0 spiro atoms. The highest BCUT2D eigenvalue weighted by Crippen LogP contribution is 2.23. The molecule has 0 saturated heterocycles. The fourth-order valence-corrected chi connectivity index (χ4v) is 3.65. The van der Waals surface area contributed by atoms with Crippen LogP contribution >= 0.6 is 23.4 Å². The molecule has 138 valence electrons. The van der Waals surface area contributed by atoms with E-state index in [1.807, 2.05) is 10.6 Å². The van der Waals surface area contributed by atoms with E-state index in [9.17, 15) is 9.59 Å². The summed E-state index contributed by atoms with van der Waals surface area (Å²) >= 11 is 7.57. The number of rotatable bonds is 9. The van der Waals surface area contributed by atoms with Crippen LogP contribution < -0.4 is 11.2 Å². The number of allylic oxidation sites excluding steroid dienone is 2. The Morgan fingerprint density at radius 2 is 2.00 bits per heavy atom. The summed E-state index contributed by atoms with van der Waals surface area (Å²) in [6.07, 6.45) is 7.87. The molecular weight excluding hydrogens is 360 g/mol. The van der Waals surface area contributed by atoms with Crippen molar-refractivity contribution >= 4 is 34.5 Å². The smallest absolute Gasteiger partial charge is 0.309 e. The SMILES string of the molecule is CCCCCCCSc1nc2c(c(=O)[nH]c(=O)n2C)n1C/C=C(/C)Cl. The zero-order chi connectivity index (χ0) is 18.4. The van der Waals surface area contributed by atoms with Gasteiger partial charge < -0.3 is 4.57 Å². The van der Waals surface area contributed by atoms with Crippen molar-refractivity contribution < 1.29 is 0 Å². The van der Waals surface area contributed by atoms with E-state index in [0.29, 0.717) is 22.7 Å². The third-order valence-electron chi connectivity index (χ3n) is 4.01. The summed E-state index contributed by atoms with van der Waals surface area (Å²) in [4.78, 5) is 31.0. The predicted molar refractivity (Wildman–Crippen MR) is 105 cm³/mol. The topological polar surface area (TPSA) is 72.7 Å². The van der Waals surface area contributed by atoms with E-state index in [2.05, 4.69) is 16.9 Å². The first kappa shape index (κ1) is 19.8. The van der Waals surface area contributed by atoms with Crippen molar-refractivity contribution in [1.82, 2.24) is 19.1 Å². The van der Waals surface area contributed by atoms with E-state index in [0.717, 1.165) is 17.3 Å². The van der Waals surface area contributed by atoms with Gasteiger partial charge in [0.1, 0.15) is 0 Å². The van der Waals surface area contributed by atoms with Crippen molar-refractivity contribution in [2.75, 3.05) is 5.75 Å². The normalized spacial score (nSPS) is 12.2. The van der Waals surface area contributed by atoms with Crippen LogP contribution in [0.15, 0.2) is 25.9 Å². The fourth-order valence-electron chi connectivity index (χ4n) is 2.58. The van der Waals surface area contributed by atoms with Gasteiger partial charge >= 0.3 is 5.69 Å². The van der Waals surface area contributed by atoms with Gasteiger partial charge in [-0.05, 0) is 13.3 Å². The molecular formula is C17H25ClN4O2S. The molecule has 0 unspecified atom stereocenters. The van der Waals surface area contributed by atoms with Crippen LogP contribution in [0, 0.1) is 0 Å². The second-order valence-electron chi connectivity index (χ2n) is 6.05. The highest BCUT2D eigenvalue weighted by molar-refractivity contribution is 7.99. The van der Waals surface area contributed by atoms with Gasteiger partial charge in [0.15, 0.2) is 16.3 Å². The molecule has 2 aromatic heterocycles. The minimum atomic E-state index is -0.456. The summed E-state index contributed by atoms with van der Waals surface area (Å²) in [6, 6.07) is 0. The standard InChI is InChI=1S/C17H25ClN4O2S/c1-4-5-6-7-8-11-25-17-19-14-13(22(17)10-9-12(2)18)15(23)20-16(24)21(14)3/h9H,4-8,10-11H2,1-3H3,(H,20,23,24)/b12-9-. The number of aromatic amines is 1. The highest BCUT2D eigenvalue weighted by atomic mass is 35.5. The van der Waals surface area contributed by atoms with Gasteiger partial charge in [0.05, 0.1) is 0 Å². The first-order valence-corrected chi connectivity index (χ1v) is 9.96. The average Bonchev–Trinajstić information content (AvgIpc) is 2.93. The van der Waals surface area contributed by atoms with Gasteiger partial charge in [-0.3, -0.25) is 14.3 Å². The number of fused-ring (bicyclic) bond motifs is 1. The molecule has 2 heterocycles. The first-order chi connectivity index (χ1) is 12.0. The molecule has 0 bridgehead atoms. The van der Waals surface area contributed by atoms with Gasteiger partial charge in [-0.15, -0.1) is 0 Å². The van der Waals surface area contributed by atoms with Gasteiger partial charge in [-0.1, -0.05) is 62.0 Å². The Kier molecular flexibility index (Phi) is 7.38. The van der Waals surface area contributed by atoms with Crippen LogP contribution in [-0.4, -0.2) is 24.9 Å². The highest BCUT2D eigenvalue weighted by Gasteiger charge is 2.16. The number of nitrogens with one attached hydrogen (secondary N) is 1. The van der Waals surface area contributed by atoms with Crippen molar-refractivity contribution in [2.24, 2.45) is 7.05 Å². The zero-order valence-corrected chi connectivity index (χ0v) is 16.5. The lowest BCUT2D eigenvalue weighted by Gasteiger charge is -2.06. The Balaban J connectivity index is 2.31. The van der Waals surface area contributed by atoms with Gasteiger partial charge in [0.25, 0.3) is 5.56 Å². The van der Waals surface area contributed by atoms with Crippen LogP contribution in [0.2, 0.25) is 0 Å². The van der Waals surface area contributed by atoms with Crippen molar-refractivity contribution in [2.45, 2.75) is 57.7 Å². The summed E-state index contributed by atoms with van der Waals surface area (Å²) in [5, 5.41) is 1.39. The lowest BCUT2D eigenvalue weighted by molar-refractivity contribution is 0.658. The molecule has 2 rings (SSSR count). The molecule has 0 aliphatic rings. The number of imidazole rings is 1. The Morgan fingerprint density at radius 1 is 1.28 bits per heavy atom. The molecule has 6 nitrogen and oxygen atoms in total. The molecule has 2 aromatic rings. The Labute approximate surface area is 156 Å². The molecule has 0 amide bonds. The molecule has 0 saturated carbocycles. The molecule has 0 aliphatic heterocycles. The minimum Gasteiger partial charge on any atom is -0.309 e. The summed E-state index contributed by atoms with van der Waals surface area (Å²) in [7, 11) is 1.61. The lowest BCUT2D eigenvalue weighted by atomic mass is 10.2. The molecule has 0 atom stereocenters. The summed E-state index contributed by atoms with van der Waals surface area (Å²) in [5.41, 5.74) is -0.0593. The number of H-pyrrole nitrogens is 1. The van der Waals surface area contributed by atoms with Gasteiger partial charge in [0.2, 0.25) is 0 Å². The van der Waals surface area contributed by atoms with E-state index in [1.165, 1.54) is 30.3 Å². The van der Waals surface area contributed by atoms with E-state index in [4.69, 9.17) is 11.6 Å². The predicted octanol–water partition coefficient (Wildman–Crippen LogP) is 3.63. The summed E-state index contributed by atoms with van der Waals surface area (Å²) < 4.78 is 3.20. The van der Waals surface area contributed by atoms with Crippen LogP contribution in [0.3, 0.4) is 0 Å². The maximum absolute atomic E-state index is 12.3. The third kappa shape index (κ3) is 5.01. The first-order valence-electron chi connectivity index (χ1n) is 8.60. The van der Waals surface area contributed by atoms with Crippen molar-refractivity contribution in [3.05, 3.63) is 31.9 Å². The maximum atomic E-state index is 12.3. The molecule has 8 heteroatoms. The second-order valence-corrected chi connectivity index (χ2v) is 7.71. The quantitative estimate of drug-likeness (QED) is 0.529. The van der Waals surface area contributed by atoms with Crippen LogP contribution in [0.25, 0.3) is 11.2 Å². The number of hydrogen-bond acceptors (Lipinski definition) is 4. The number of nitrogens with zero attached hydrogens (tertiary/aromatic N) is 3. The number of thioether (sulfide) groups is 1. The molecule has 0 aromatic carbocycles. The van der Waals surface area contributed by atoms with Crippen molar-refractivity contribution in [1.29, 1.82) is 0 Å². The van der Waals surface area contributed by atoms with Crippen LogP contribution in [0.4, 0.5) is 0 Å². The van der Waals surface area contributed by atoms with Gasteiger partial charge in [-0.25, -0.2) is 9.78 Å². The Hall–Kier alpha value is -1.47. The molecule has 0 radical (unpaired) electrons. The number of hydrogen-bond donors (Lipinski definition) is 1. The lowest BCUT2D eigenvalue weighted by Crippen LogP contribution is -2.29. The summed E-state index contributed by atoms with van der Waals surface area (Å²) in [5.74, 6) is 0.933. The Morgan fingerprint density at radius 3 is 2.68 bits per heavy atom. The molecule has 25 heavy (non-hydrogen) atoms. The third-order valence-corrected chi connectivity index (χ3v) is 5.22. The van der Waals surface area contributed by atoms with Crippen LogP contribution in [-0.2, 0) is 13.6 Å². The number of aryl methyl sites for hydroxylation is 1. The number of unbranched alkanes of at least 4 members (excludes halogenated alkanes) is 4. The van der Waals surface area contributed by atoms with Crippen molar-refractivity contribution in [3.63, 3.8) is 0 Å². The molecule has 1 N–H and O–H groups in total. The van der Waals surface area contributed by atoms with E-state index >= 15 is 0 Å². The van der Waals surface area contributed by atoms with Crippen LogP contribution in [0.5, 0.6) is 0 Å². The van der Waals surface area contributed by atoms with Crippen LogP contribution in [0.1, 0.15) is 46.0 Å².